The quantitative estimate of drug-likeness (QED) is 0.862. The molecule has 0 saturated heterocycles. The van der Waals surface area contributed by atoms with Crippen LogP contribution < -0.4 is 5.32 Å². The first-order valence-electron chi connectivity index (χ1n) is 4.79. The van der Waals surface area contributed by atoms with E-state index in [-0.39, 0.29) is 0 Å². The largest absolute Gasteiger partial charge is 0.467 e. The van der Waals surface area contributed by atoms with Crippen molar-refractivity contribution in [2.24, 2.45) is 0 Å². The van der Waals surface area contributed by atoms with E-state index in [1.54, 1.807) is 0 Å². The highest BCUT2D eigenvalue weighted by Gasteiger charge is 2.17. The number of benzene rings is 1. The Bertz CT molecular complexity index is 428. The molecule has 1 aromatic carbocycles. The molecule has 0 saturated carbocycles. The lowest BCUT2D eigenvalue weighted by Gasteiger charge is -2.11. The number of ether oxygens (including phenoxy) is 1. The molecule has 0 aliphatic heterocycles. The maximum absolute atomic E-state index is 11.7. The molecule has 92 valence electrons. The van der Waals surface area contributed by atoms with E-state index in [1.165, 1.54) is 32.2 Å². The van der Waals surface area contributed by atoms with Gasteiger partial charge in [-0.2, -0.15) is 0 Å². The lowest BCUT2D eigenvalue weighted by Crippen LogP contribution is -2.39. The van der Waals surface area contributed by atoms with Gasteiger partial charge in [-0.15, -0.1) is 0 Å². The molecule has 0 aromatic heterocycles. The number of carbonyl (C=O) groups excluding carboxylic acids is 2. The summed E-state index contributed by atoms with van der Waals surface area (Å²) in [6, 6.07) is 3.72. The lowest BCUT2D eigenvalue weighted by atomic mass is 10.2. The minimum atomic E-state index is -0.731. The van der Waals surface area contributed by atoms with Crippen LogP contribution in [0.1, 0.15) is 17.3 Å². The Kier molecular flexibility index (Phi) is 4.78. The molecule has 1 aromatic rings. The summed E-state index contributed by atoms with van der Waals surface area (Å²) in [5.74, 6) is -0.959. The highest BCUT2D eigenvalue weighted by Crippen LogP contribution is 2.19. The Labute approximate surface area is 109 Å². The molecule has 1 N–H and O–H groups in total. The molecule has 0 spiro atoms. The van der Waals surface area contributed by atoms with Gasteiger partial charge in [-0.25, -0.2) is 4.79 Å². The van der Waals surface area contributed by atoms with E-state index in [4.69, 9.17) is 23.2 Å². The maximum atomic E-state index is 11.7. The minimum Gasteiger partial charge on any atom is -0.467 e. The molecule has 4 nitrogen and oxygen atoms in total. The van der Waals surface area contributed by atoms with E-state index in [1.807, 2.05) is 0 Å². The van der Waals surface area contributed by atoms with Gasteiger partial charge in [0.05, 0.1) is 7.11 Å². The number of amides is 1. The van der Waals surface area contributed by atoms with E-state index >= 15 is 0 Å². The number of carbonyl (C=O) groups is 2. The Morgan fingerprint density at radius 3 is 2.24 bits per heavy atom. The van der Waals surface area contributed by atoms with Gasteiger partial charge in [0, 0.05) is 15.6 Å². The molecule has 0 radical (unpaired) electrons. The van der Waals surface area contributed by atoms with Crippen molar-refractivity contribution in [3.05, 3.63) is 33.8 Å². The van der Waals surface area contributed by atoms with Crippen molar-refractivity contribution in [2.45, 2.75) is 13.0 Å². The maximum Gasteiger partial charge on any atom is 0.328 e. The Morgan fingerprint density at radius 2 is 1.76 bits per heavy atom. The zero-order valence-corrected chi connectivity index (χ0v) is 10.8. The van der Waals surface area contributed by atoms with Crippen LogP contribution in [0.3, 0.4) is 0 Å². The van der Waals surface area contributed by atoms with Gasteiger partial charge < -0.3 is 10.1 Å². The molecule has 0 heterocycles. The second-order valence-electron chi connectivity index (χ2n) is 3.38. The van der Waals surface area contributed by atoms with Crippen molar-refractivity contribution < 1.29 is 14.3 Å². The van der Waals surface area contributed by atoms with Crippen molar-refractivity contribution in [2.75, 3.05) is 7.11 Å². The zero-order valence-electron chi connectivity index (χ0n) is 9.29. The van der Waals surface area contributed by atoms with E-state index in [0.717, 1.165) is 0 Å². The number of hydrogen-bond acceptors (Lipinski definition) is 3. The number of esters is 1. The summed E-state index contributed by atoms with van der Waals surface area (Å²) in [5, 5.41) is 3.18. The molecule has 6 heteroatoms. The van der Waals surface area contributed by atoms with E-state index < -0.39 is 17.9 Å². The fraction of sp³-hybridized carbons (Fsp3) is 0.273. The molecular weight excluding hydrogens is 265 g/mol. The fourth-order valence-corrected chi connectivity index (χ4v) is 1.73. The van der Waals surface area contributed by atoms with Gasteiger partial charge in [-0.3, -0.25) is 4.79 Å². The summed E-state index contributed by atoms with van der Waals surface area (Å²) in [4.78, 5) is 22.9. The van der Waals surface area contributed by atoms with Crippen LogP contribution in [-0.2, 0) is 9.53 Å². The molecule has 0 fully saturated rings. The van der Waals surface area contributed by atoms with Gasteiger partial charge >= 0.3 is 5.97 Å². The second kappa shape index (κ2) is 5.89. The third kappa shape index (κ3) is 3.91. The van der Waals surface area contributed by atoms with Gasteiger partial charge in [0.1, 0.15) is 6.04 Å². The van der Waals surface area contributed by atoms with E-state index in [2.05, 4.69) is 10.1 Å². The summed E-state index contributed by atoms with van der Waals surface area (Å²) >= 11 is 11.5. The van der Waals surface area contributed by atoms with Crippen molar-refractivity contribution >= 4 is 35.1 Å². The first-order valence-corrected chi connectivity index (χ1v) is 5.54. The normalized spacial score (nSPS) is 11.8. The molecular formula is C11H11Cl2NO3. The van der Waals surface area contributed by atoms with Gasteiger partial charge in [0.15, 0.2) is 0 Å². The zero-order chi connectivity index (χ0) is 13.0. The molecule has 17 heavy (non-hydrogen) atoms. The highest BCUT2D eigenvalue weighted by atomic mass is 35.5. The summed E-state index contributed by atoms with van der Waals surface area (Å²) in [6.45, 7) is 1.52. The van der Waals surface area contributed by atoms with Crippen LogP contribution >= 0.6 is 23.2 Å². The fourth-order valence-electron chi connectivity index (χ4n) is 1.20. The number of methoxy groups -OCH3 is 1. The Balaban J connectivity index is 2.79. The van der Waals surface area contributed by atoms with Crippen LogP contribution in [0.15, 0.2) is 18.2 Å². The Morgan fingerprint density at radius 1 is 1.24 bits per heavy atom. The van der Waals surface area contributed by atoms with E-state index in [0.29, 0.717) is 15.6 Å². The lowest BCUT2D eigenvalue weighted by molar-refractivity contribution is -0.142. The van der Waals surface area contributed by atoms with Crippen molar-refractivity contribution in [1.29, 1.82) is 0 Å². The third-order valence-corrected chi connectivity index (χ3v) is 2.46. The monoisotopic (exact) mass is 275 g/mol. The van der Waals surface area contributed by atoms with Gasteiger partial charge in [0.2, 0.25) is 0 Å². The van der Waals surface area contributed by atoms with E-state index in [9.17, 15) is 9.59 Å². The number of halogens is 2. The standard InChI is InChI=1S/C11H11Cl2NO3/c1-6(11(16)17-2)14-10(15)7-3-8(12)5-9(13)4-7/h3-6H,1-2H3,(H,14,15)/t6-/m0/s1. The predicted octanol–water partition coefficient (Wildman–Crippen LogP) is 2.28. The Hall–Kier alpha value is -1.26. The first kappa shape index (κ1) is 13.8. The van der Waals surface area contributed by atoms with Crippen LogP contribution in [0.25, 0.3) is 0 Å². The highest BCUT2D eigenvalue weighted by molar-refractivity contribution is 6.35. The number of hydrogen-bond donors (Lipinski definition) is 1. The second-order valence-corrected chi connectivity index (χ2v) is 4.25. The minimum absolute atomic E-state index is 0.290. The van der Waals surface area contributed by atoms with Crippen LogP contribution in [0.2, 0.25) is 10.0 Å². The topological polar surface area (TPSA) is 55.4 Å². The third-order valence-electron chi connectivity index (χ3n) is 2.03. The summed E-state index contributed by atoms with van der Waals surface area (Å²) in [6.07, 6.45) is 0. The van der Waals surface area contributed by atoms with Crippen LogP contribution in [-0.4, -0.2) is 25.0 Å². The van der Waals surface area contributed by atoms with Gasteiger partial charge in [0.25, 0.3) is 5.91 Å². The average molecular weight is 276 g/mol. The molecule has 0 unspecified atom stereocenters. The molecule has 1 rings (SSSR count). The first-order chi connectivity index (χ1) is 7.93. The summed E-state index contributed by atoms with van der Waals surface area (Å²) in [5.41, 5.74) is 0.290. The molecule has 0 aliphatic rings. The van der Waals surface area contributed by atoms with Gasteiger partial charge in [-0.05, 0) is 25.1 Å². The van der Waals surface area contributed by atoms with Crippen molar-refractivity contribution in [3.8, 4) is 0 Å². The SMILES string of the molecule is COC(=O)[C@H](C)NC(=O)c1cc(Cl)cc(Cl)c1. The average Bonchev–Trinajstić information content (AvgIpc) is 2.26. The van der Waals surface area contributed by atoms with Gasteiger partial charge in [-0.1, -0.05) is 23.2 Å². The smallest absolute Gasteiger partial charge is 0.328 e. The summed E-state index contributed by atoms with van der Waals surface area (Å²) in [7, 11) is 1.25. The number of nitrogens with one attached hydrogen (secondary N) is 1. The predicted molar refractivity (Wildman–Crippen MR) is 65.4 cm³/mol. The molecule has 0 bridgehead atoms. The molecule has 0 aliphatic carbocycles. The summed E-state index contributed by atoms with van der Waals surface area (Å²) < 4.78 is 4.49. The van der Waals surface area contributed by atoms with Crippen LogP contribution in [0.4, 0.5) is 0 Å². The van der Waals surface area contributed by atoms with Crippen molar-refractivity contribution in [1.82, 2.24) is 5.32 Å². The van der Waals surface area contributed by atoms with Crippen LogP contribution in [0.5, 0.6) is 0 Å². The molecule has 1 atom stereocenters. The van der Waals surface area contributed by atoms with Crippen LogP contribution in [0, 0.1) is 0 Å². The molecule has 1 amide bonds. The number of rotatable bonds is 3. The van der Waals surface area contributed by atoms with Crippen molar-refractivity contribution in [3.63, 3.8) is 0 Å².